The van der Waals surface area contributed by atoms with E-state index in [1.807, 2.05) is 39.8 Å². The number of ether oxygens (including phenoxy) is 3. The Morgan fingerprint density at radius 1 is 1.11 bits per heavy atom. The van der Waals surface area contributed by atoms with Gasteiger partial charge in [-0.3, -0.25) is 14.8 Å². The van der Waals surface area contributed by atoms with E-state index in [4.69, 9.17) is 19.9 Å². The number of nitrogen functional groups attached to an aromatic ring is 1. The Hall–Kier alpha value is -4.34. The summed E-state index contributed by atoms with van der Waals surface area (Å²) in [5, 5.41) is 5.11. The van der Waals surface area contributed by atoms with Crippen molar-refractivity contribution < 1.29 is 19.0 Å². The zero-order valence-electron chi connectivity index (χ0n) is 21.5. The van der Waals surface area contributed by atoms with Gasteiger partial charge in [-0.1, -0.05) is 6.92 Å². The maximum atomic E-state index is 12.2. The maximum absolute atomic E-state index is 12.2. The van der Waals surface area contributed by atoms with E-state index in [2.05, 4.69) is 20.3 Å². The van der Waals surface area contributed by atoms with Gasteiger partial charge in [0.1, 0.15) is 23.8 Å². The zero-order valence-corrected chi connectivity index (χ0v) is 21.5. The second-order valence-electron chi connectivity index (χ2n) is 9.67. The van der Waals surface area contributed by atoms with Crippen LogP contribution in [0, 0.1) is 0 Å². The van der Waals surface area contributed by atoms with Crippen LogP contribution in [0.1, 0.15) is 34.1 Å². The Kier molecular flexibility index (Phi) is 7.19. The van der Waals surface area contributed by atoms with Crippen molar-refractivity contribution in [3.63, 3.8) is 0 Å². The fraction of sp³-hybridized carbons (Fsp3) is 0.333. The molecule has 0 aliphatic carbocycles. The number of aromatic nitrogens is 3. The summed E-state index contributed by atoms with van der Waals surface area (Å²) >= 11 is 0. The van der Waals surface area contributed by atoms with Crippen molar-refractivity contribution >= 4 is 33.6 Å². The predicted octanol–water partition coefficient (Wildman–Crippen LogP) is 4.41. The minimum Gasteiger partial charge on any atom is -0.493 e. The molecule has 0 saturated heterocycles. The molecule has 0 unspecified atom stereocenters. The van der Waals surface area contributed by atoms with E-state index in [-0.39, 0.29) is 23.8 Å². The van der Waals surface area contributed by atoms with Crippen molar-refractivity contribution in [2.24, 2.45) is 0 Å². The number of benzene rings is 1. The highest BCUT2D eigenvalue weighted by molar-refractivity contribution is 6.10. The van der Waals surface area contributed by atoms with E-state index >= 15 is 0 Å². The number of hydrogen-bond donors (Lipinski definition) is 3. The fourth-order valence-electron chi connectivity index (χ4n) is 3.88. The summed E-state index contributed by atoms with van der Waals surface area (Å²) in [7, 11) is 1.46. The Morgan fingerprint density at radius 3 is 2.59 bits per heavy atom. The number of alkyl carbamates (subject to hydrolysis) is 1. The zero-order chi connectivity index (χ0) is 26.7. The van der Waals surface area contributed by atoms with E-state index in [9.17, 15) is 9.59 Å². The number of fused-ring (bicyclic) bond motifs is 3. The molecule has 37 heavy (non-hydrogen) atoms. The molecule has 0 aliphatic heterocycles. The highest BCUT2D eigenvalue weighted by Crippen LogP contribution is 2.32. The van der Waals surface area contributed by atoms with Crippen molar-refractivity contribution in [1.82, 2.24) is 20.3 Å². The van der Waals surface area contributed by atoms with Gasteiger partial charge in [0.15, 0.2) is 5.75 Å². The van der Waals surface area contributed by atoms with Crippen molar-refractivity contribution in [3.8, 4) is 22.8 Å². The molecule has 3 aromatic heterocycles. The molecule has 10 nitrogen and oxygen atoms in total. The average Bonchev–Trinajstić information content (AvgIpc) is 2.84. The second kappa shape index (κ2) is 10.3. The first kappa shape index (κ1) is 25.7. The Bertz CT molecular complexity index is 1510. The van der Waals surface area contributed by atoms with Crippen molar-refractivity contribution in [2.45, 2.75) is 45.8 Å². The molecule has 1 aromatic carbocycles. The lowest BCUT2D eigenvalue weighted by Crippen LogP contribution is -2.41. The predicted molar refractivity (Wildman–Crippen MR) is 143 cm³/mol. The van der Waals surface area contributed by atoms with Gasteiger partial charge < -0.3 is 30.2 Å². The van der Waals surface area contributed by atoms with Crippen LogP contribution in [0.25, 0.3) is 32.9 Å². The standard InChI is InChI=1S/C27H31N5O5/c1-6-16(31-26(34)37-27(2,3)4)14-36-17-7-15(11-29-12-17)21-8-18-19-9-24(35-5)23(33)10-22(19)30-13-20(18)25(28)32-21/h7-13,16,32H,6,14,28H2,1-5H3,(H,31,34)/t16-/m1/s1. The number of carbonyl (C=O) groups is 1. The molecule has 0 radical (unpaired) electrons. The number of rotatable bonds is 7. The number of nitrogens with two attached hydrogens (primary N) is 1. The van der Waals surface area contributed by atoms with Crippen molar-refractivity contribution in [3.05, 3.63) is 53.1 Å². The molecule has 1 amide bonds. The highest BCUT2D eigenvalue weighted by atomic mass is 16.6. The summed E-state index contributed by atoms with van der Waals surface area (Å²) in [6.45, 7) is 7.65. The van der Waals surface area contributed by atoms with Gasteiger partial charge in [0.25, 0.3) is 0 Å². The number of amides is 1. The summed E-state index contributed by atoms with van der Waals surface area (Å²) in [5.74, 6) is 1.19. The van der Waals surface area contributed by atoms with Crippen LogP contribution in [0.2, 0.25) is 0 Å². The number of carbonyl (C=O) groups excluding carboxylic acids is 1. The van der Waals surface area contributed by atoms with E-state index in [1.54, 1.807) is 24.7 Å². The lowest BCUT2D eigenvalue weighted by atomic mass is 10.0. The van der Waals surface area contributed by atoms with Crippen molar-refractivity contribution in [2.75, 3.05) is 19.5 Å². The minimum atomic E-state index is -0.580. The van der Waals surface area contributed by atoms with E-state index in [0.29, 0.717) is 29.2 Å². The largest absolute Gasteiger partial charge is 0.493 e. The summed E-state index contributed by atoms with van der Waals surface area (Å²) in [5.41, 5.74) is 7.52. The first-order chi connectivity index (χ1) is 17.6. The third kappa shape index (κ3) is 5.91. The van der Waals surface area contributed by atoms with Gasteiger partial charge in [0.05, 0.1) is 24.9 Å². The molecule has 0 fully saturated rings. The molecule has 0 aliphatic rings. The van der Waals surface area contributed by atoms with Crippen LogP contribution >= 0.6 is 0 Å². The number of methoxy groups -OCH3 is 1. The van der Waals surface area contributed by atoms with Gasteiger partial charge >= 0.3 is 6.09 Å². The number of hydrogen-bond acceptors (Lipinski definition) is 8. The van der Waals surface area contributed by atoms with Crippen LogP contribution in [-0.2, 0) is 4.74 Å². The van der Waals surface area contributed by atoms with Gasteiger partial charge in [-0.25, -0.2) is 4.79 Å². The molecule has 194 valence electrons. The molecule has 3 heterocycles. The smallest absolute Gasteiger partial charge is 0.407 e. The third-order valence-corrected chi connectivity index (χ3v) is 5.73. The van der Waals surface area contributed by atoms with Gasteiger partial charge in [-0.2, -0.15) is 0 Å². The summed E-state index contributed by atoms with van der Waals surface area (Å²) in [6, 6.07) is 6.66. The molecule has 0 bridgehead atoms. The van der Waals surface area contributed by atoms with Crippen LogP contribution in [0.3, 0.4) is 0 Å². The van der Waals surface area contributed by atoms with Crippen molar-refractivity contribution in [1.29, 1.82) is 0 Å². The second-order valence-corrected chi connectivity index (χ2v) is 9.67. The molecule has 4 aromatic rings. The number of H-pyrrole nitrogens is 1. The Morgan fingerprint density at radius 2 is 1.89 bits per heavy atom. The maximum Gasteiger partial charge on any atom is 0.407 e. The monoisotopic (exact) mass is 505 g/mol. The number of nitrogens with zero attached hydrogens (tertiary/aromatic N) is 2. The molecule has 4 rings (SSSR count). The third-order valence-electron chi connectivity index (χ3n) is 5.73. The summed E-state index contributed by atoms with van der Waals surface area (Å²) < 4.78 is 16.5. The molecule has 1 atom stereocenters. The lowest BCUT2D eigenvalue weighted by Gasteiger charge is -2.23. The van der Waals surface area contributed by atoms with Gasteiger partial charge in [0.2, 0.25) is 5.43 Å². The topological polar surface area (TPSA) is 141 Å². The molecule has 4 N–H and O–H groups in total. The lowest BCUT2D eigenvalue weighted by molar-refractivity contribution is 0.0486. The van der Waals surface area contributed by atoms with Crippen LogP contribution < -0.4 is 26.0 Å². The Balaban J connectivity index is 1.61. The molecular weight excluding hydrogens is 474 g/mol. The van der Waals surface area contributed by atoms with Gasteiger partial charge in [-0.05, 0) is 50.8 Å². The normalized spacial score (nSPS) is 12.4. The van der Waals surface area contributed by atoms with Gasteiger partial charge in [0, 0.05) is 40.5 Å². The molecule has 0 spiro atoms. The molecule has 0 saturated carbocycles. The molecule has 10 heteroatoms. The summed E-state index contributed by atoms with van der Waals surface area (Å²) in [4.78, 5) is 36.2. The quantitative estimate of drug-likeness (QED) is 0.314. The fourth-order valence-corrected chi connectivity index (χ4v) is 3.88. The average molecular weight is 506 g/mol. The number of pyridine rings is 3. The van der Waals surface area contributed by atoms with Crippen LogP contribution in [0.4, 0.5) is 10.6 Å². The highest BCUT2D eigenvalue weighted by Gasteiger charge is 2.19. The number of aromatic amines is 1. The van der Waals surface area contributed by atoms with E-state index in [0.717, 1.165) is 21.7 Å². The number of nitrogens with one attached hydrogen (secondary N) is 2. The SMILES string of the molecule is CC[C@H](COc1cncc(-c2cc3c(cnc4cc(=O)c(OC)cc43)c(N)[nH]2)c1)NC(=O)OC(C)(C)C. The van der Waals surface area contributed by atoms with E-state index in [1.165, 1.54) is 13.2 Å². The molecular formula is C27H31N5O5. The first-order valence-electron chi connectivity index (χ1n) is 11.9. The van der Waals surface area contributed by atoms with Crippen LogP contribution in [-0.4, -0.2) is 46.4 Å². The van der Waals surface area contributed by atoms with Crippen LogP contribution in [0.5, 0.6) is 11.5 Å². The van der Waals surface area contributed by atoms with Gasteiger partial charge in [-0.15, -0.1) is 0 Å². The summed E-state index contributed by atoms with van der Waals surface area (Å²) in [6.07, 6.45) is 5.11. The number of anilines is 1. The van der Waals surface area contributed by atoms with Crippen LogP contribution in [0.15, 0.2) is 47.7 Å². The minimum absolute atomic E-state index is 0.234. The van der Waals surface area contributed by atoms with E-state index < -0.39 is 11.7 Å². The first-order valence-corrected chi connectivity index (χ1v) is 11.9. The Labute approximate surface area is 214 Å².